The molecule has 0 spiro atoms. The normalized spacial score (nSPS) is 14.0. The van der Waals surface area contributed by atoms with Crippen LogP contribution in [0.2, 0.25) is 0 Å². The van der Waals surface area contributed by atoms with Gasteiger partial charge in [0.15, 0.2) is 6.10 Å². The molecule has 0 saturated carbocycles. The molecule has 4 rings (SSSR count). The highest BCUT2D eigenvalue weighted by Crippen LogP contribution is 2.36. The van der Waals surface area contributed by atoms with Gasteiger partial charge in [0.2, 0.25) is 0 Å². The Kier molecular flexibility index (Phi) is 9.00. The molecule has 1 aliphatic rings. The molecule has 1 amide bonds. The number of ether oxygens (including phenoxy) is 2. The van der Waals surface area contributed by atoms with Crippen LogP contribution in [0.25, 0.3) is 22.1 Å². The third-order valence-corrected chi connectivity index (χ3v) is 5.66. The smallest absolute Gasteiger partial charge is 0.336 e. The number of benzene rings is 2. The van der Waals surface area contributed by atoms with Crippen molar-refractivity contribution in [3.05, 3.63) is 64.3 Å². The molecule has 1 saturated heterocycles. The van der Waals surface area contributed by atoms with E-state index in [0.717, 1.165) is 37.9 Å². The molecule has 0 radical (unpaired) electrons. The Morgan fingerprint density at radius 1 is 1.14 bits per heavy atom. The highest BCUT2D eigenvalue weighted by atomic mass is 19.1. The Morgan fingerprint density at radius 2 is 1.83 bits per heavy atom. The SMILES string of the molecule is CCOC=O.Cc1cc(OC(C)C(=O)N2CCCCC2)c2c(-c3ccc(F)cc3)cc(=O)oc2c1. The van der Waals surface area contributed by atoms with Gasteiger partial charge in [0.05, 0.1) is 12.0 Å². The first kappa shape index (κ1) is 25.9. The fourth-order valence-electron chi connectivity index (χ4n) is 4.03. The van der Waals surface area contributed by atoms with Crippen LogP contribution in [0.15, 0.2) is 51.7 Å². The molecule has 0 bridgehead atoms. The fourth-order valence-corrected chi connectivity index (χ4v) is 4.03. The van der Waals surface area contributed by atoms with E-state index < -0.39 is 11.7 Å². The predicted octanol–water partition coefficient (Wildman–Crippen LogP) is 4.87. The standard InChI is InChI=1S/C24H24FNO4.C3H6O2/c1-15-12-20(29-16(2)24(28)26-10-4-3-5-11-26)23-19(14-22(27)30-21(23)13-15)17-6-8-18(25)9-7-17;1-2-5-3-4/h6-9,12-14,16H,3-5,10-11H2,1-2H3;3H,2H2,1H3. The summed E-state index contributed by atoms with van der Waals surface area (Å²) in [5, 5.41) is 0.588. The number of aryl methyl sites for hydroxylation is 1. The van der Waals surface area contributed by atoms with Crippen molar-refractivity contribution in [1.82, 2.24) is 4.90 Å². The van der Waals surface area contributed by atoms with Crippen molar-refractivity contribution in [2.75, 3.05) is 19.7 Å². The third kappa shape index (κ3) is 6.68. The molecule has 3 aromatic rings. The lowest BCUT2D eigenvalue weighted by molar-refractivity contribution is -0.138. The summed E-state index contributed by atoms with van der Waals surface area (Å²) in [6.07, 6.45) is 2.47. The zero-order valence-corrected chi connectivity index (χ0v) is 20.2. The number of likely N-dealkylation sites (tertiary alicyclic amines) is 1. The molecule has 1 aromatic heterocycles. The lowest BCUT2D eigenvalue weighted by Gasteiger charge is -2.29. The van der Waals surface area contributed by atoms with Gasteiger partial charge in [-0.3, -0.25) is 9.59 Å². The van der Waals surface area contributed by atoms with E-state index in [2.05, 4.69) is 4.74 Å². The van der Waals surface area contributed by atoms with Crippen LogP contribution < -0.4 is 10.4 Å². The molecule has 8 heteroatoms. The van der Waals surface area contributed by atoms with Gasteiger partial charge in [0.25, 0.3) is 12.4 Å². The molecule has 0 aliphatic carbocycles. The van der Waals surface area contributed by atoms with Crippen molar-refractivity contribution in [3.8, 4) is 16.9 Å². The summed E-state index contributed by atoms with van der Waals surface area (Å²) in [5.74, 6) is 0.0510. The summed E-state index contributed by atoms with van der Waals surface area (Å²) < 4.78 is 29.1. The summed E-state index contributed by atoms with van der Waals surface area (Å²) >= 11 is 0. The minimum Gasteiger partial charge on any atom is -0.480 e. The molecule has 0 N–H and O–H groups in total. The van der Waals surface area contributed by atoms with Gasteiger partial charge >= 0.3 is 5.63 Å². The second-order valence-electron chi connectivity index (χ2n) is 8.32. The van der Waals surface area contributed by atoms with Crippen LogP contribution in [0, 0.1) is 12.7 Å². The van der Waals surface area contributed by atoms with Gasteiger partial charge in [-0.2, -0.15) is 0 Å². The van der Waals surface area contributed by atoms with Crippen molar-refractivity contribution >= 4 is 23.3 Å². The van der Waals surface area contributed by atoms with Crippen molar-refractivity contribution < 1.29 is 27.9 Å². The largest absolute Gasteiger partial charge is 0.480 e. The molecule has 7 nitrogen and oxygen atoms in total. The lowest BCUT2D eigenvalue weighted by atomic mass is 10.00. The number of carbonyl (C=O) groups is 2. The van der Waals surface area contributed by atoms with Gasteiger partial charge in [-0.15, -0.1) is 0 Å². The zero-order chi connectivity index (χ0) is 25.4. The van der Waals surface area contributed by atoms with E-state index in [9.17, 15) is 18.8 Å². The zero-order valence-electron chi connectivity index (χ0n) is 20.2. The molecule has 186 valence electrons. The van der Waals surface area contributed by atoms with E-state index in [4.69, 9.17) is 9.15 Å². The van der Waals surface area contributed by atoms with Crippen LogP contribution in [0.1, 0.15) is 38.7 Å². The van der Waals surface area contributed by atoms with E-state index in [-0.39, 0.29) is 11.7 Å². The van der Waals surface area contributed by atoms with Gasteiger partial charge in [0, 0.05) is 24.7 Å². The molecule has 1 unspecified atom stereocenters. The average Bonchev–Trinajstić information content (AvgIpc) is 2.84. The Morgan fingerprint density at radius 3 is 2.43 bits per heavy atom. The summed E-state index contributed by atoms with van der Waals surface area (Å²) in [7, 11) is 0. The summed E-state index contributed by atoms with van der Waals surface area (Å²) in [4.78, 5) is 36.0. The van der Waals surface area contributed by atoms with E-state index >= 15 is 0 Å². The number of rotatable bonds is 6. The monoisotopic (exact) mass is 483 g/mol. The minimum atomic E-state index is -0.680. The molecular formula is C27H30FNO6. The quantitative estimate of drug-likeness (QED) is 0.367. The number of piperidine rings is 1. The number of carbonyl (C=O) groups excluding carboxylic acids is 2. The van der Waals surface area contributed by atoms with E-state index in [1.165, 1.54) is 18.2 Å². The maximum absolute atomic E-state index is 13.4. The molecule has 2 heterocycles. The molecule has 1 fully saturated rings. The number of hydrogen-bond acceptors (Lipinski definition) is 6. The van der Waals surface area contributed by atoms with Gasteiger partial charge in [-0.25, -0.2) is 9.18 Å². The number of hydrogen-bond donors (Lipinski definition) is 0. The molecular weight excluding hydrogens is 453 g/mol. The number of fused-ring (bicyclic) bond motifs is 1. The van der Waals surface area contributed by atoms with Crippen molar-refractivity contribution in [3.63, 3.8) is 0 Å². The van der Waals surface area contributed by atoms with Crippen molar-refractivity contribution in [1.29, 1.82) is 0 Å². The summed E-state index contributed by atoms with van der Waals surface area (Å²) in [5.41, 5.74) is 1.95. The van der Waals surface area contributed by atoms with E-state index in [1.54, 1.807) is 32.0 Å². The predicted molar refractivity (Wildman–Crippen MR) is 131 cm³/mol. The lowest BCUT2D eigenvalue weighted by Crippen LogP contribution is -2.43. The average molecular weight is 484 g/mol. The Bertz CT molecular complexity index is 1210. The second-order valence-corrected chi connectivity index (χ2v) is 8.32. The summed E-state index contributed by atoms with van der Waals surface area (Å²) in [6.45, 7) is 7.77. The summed E-state index contributed by atoms with van der Waals surface area (Å²) in [6, 6.07) is 10.9. The van der Waals surface area contributed by atoms with Crippen molar-refractivity contribution in [2.45, 2.75) is 46.1 Å². The maximum atomic E-state index is 13.4. The molecule has 1 atom stereocenters. The van der Waals surface area contributed by atoms with Gasteiger partial charge < -0.3 is 18.8 Å². The highest BCUT2D eigenvalue weighted by molar-refractivity contribution is 5.98. The molecule has 2 aromatic carbocycles. The van der Waals surface area contributed by atoms with E-state index in [1.807, 2.05) is 17.9 Å². The van der Waals surface area contributed by atoms with Crippen LogP contribution in [0.5, 0.6) is 5.75 Å². The Labute approximate surface area is 203 Å². The number of halogens is 1. The van der Waals surface area contributed by atoms with Crippen LogP contribution in [-0.4, -0.2) is 43.1 Å². The van der Waals surface area contributed by atoms with Crippen LogP contribution in [0.3, 0.4) is 0 Å². The number of nitrogens with zero attached hydrogens (tertiary/aromatic N) is 1. The fraction of sp³-hybridized carbons (Fsp3) is 0.370. The maximum Gasteiger partial charge on any atom is 0.336 e. The Hall–Kier alpha value is -3.68. The minimum absolute atomic E-state index is 0.0509. The van der Waals surface area contributed by atoms with E-state index in [0.29, 0.717) is 40.9 Å². The first-order valence-corrected chi connectivity index (χ1v) is 11.7. The van der Waals surface area contributed by atoms with Crippen LogP contribution >= 0.6 is 0 Å². The highest BCUT2D eigenvalue weighted by Gasteiger charge is 2.25. The van der Waals surface area contributed by atoms with Gasteiger partial charge in [0.1, 0.15) is 17.1 Å². The first-order valence-electron chi connectivity index (χ1n) is 11.7. The molecule has 1 aliphatic heterocycles. The second kappa shape index (κ2) is 12.1. The molecule has 35 heavy (non-hydrogen) atoms. The van der Waals surface area contributed by atoms with Crippen LogP contribution in [-0.2, 0) is 14.3 Å². The number of amides is 1. The first-order chi connectivity index (χ1) is 16.8. The third-order valence-electron chi connectivity index (χ3n) is 5.66. The van der Waals surface area contributed by atoms with Gasteiger partial charge in [-0.1, -0.05) is 12.1 Å². The van der Waals surface area contributed by atoms with Crippen LogP contribution in [0.4, 0.5) is 4.39 Å². The Balaban J connectivity index is 0.000000623. The van der Waals surface area contributed by atoms with Gasteiger partial charge in [-0.05, 0) is 75.4 Å². The van der Waals surface area contributed by atoms with Crippen molar-refractivity contribution in [2.24, 2.45) is 0 Å². The topological polar surface area (TPSA) is 86.0 Å².